The third-order valence-corrected chi connectivity index (χ3v) is 5.37. The summed E-state index contributed by atoms with van der Waals surface area (Å²) in [6, 6.07) is 14.4. The molecule has 1 aliphatic rings. The van der Waals surface area contributed by atoms with Crippen LogP contribution < -0.4 is 10.1 Å². The van der Waals surface area contributed by atoms with E-state index in [9.17, 15) is 4.79 Å². The number of hydrogen-bond acceptors (Lipinski definition) is 3. The fourth-order valence-electron chi connectivity index (χ4n) is 3.44. The van der Waals surface area contributed by atoms with Gasteiger partial charge in [0, 0.05) is 26.2 Å². The van der Waals surface area contributed by atoms with Gasteiger partial charge in [0.15, 0.2) is 0 Å². The van der Waals surface area contributed by atoms with Crippen molar-refractivity contribution in [2.45, 2.75) is 38.9 Å². The maximum atomic E-state index is 12.8. The normalized spacial score (nSPS) is 13.5. The molecule has 0 radical (unpaired) electrons. The van der Waals surface area contributed by atoms with Gasteiger partial charge in [-0.1, -0.05) is 18.2 Å². The number of benzene rings is 2. The Morgan fingerprint density at radius 2 is 1.93 bits per heavy atom. The molecule has 1 aliphatic carbocycles. The summed E-state index contributed by atoms with van der Waals surface area (Å²) in [7, 11) is 3.67. The lowest BCUT2D eigenvalue weighted by Crippen LogP contribution is -2.40. The average molecular weight is 378 g/mol. The zero-order valence-corrected chi connectivity index (χ0v) is 16.6. The molecule has 1 heterocycles. The Hall–Kier alpha value is -3.02. The second-order valence-corrected chi connectivity index (χ2v) is 7.41. The summed E-state index contributed by atoms with van der Waals surface area (Å²) in [5.74, 6) is 1.81. The molecule has 4 rings (SSSR count). The summed E-state index contributed by atoms with van der Waals surface area (Å²) in [6.45, 7) is 3.10. The first kappa shape index (κ1) is 18.3. The van der Waals surface area contributed by atoms with Crippen LogP contribution in [0.25, 0.3) is 11.0 Å². The second kappa shape index (κ2) is 7.54. The molecule has 1 aromatic heterocycles. The highest BCUT2D eigenvalue weighted by molar-refractivity contribution is 5.78. The molecular formula is C22H26N4O2. The second-order valence-electron chi connectivity index (χ2n) is 7.41. The minimum Gasteiger partial charge on any atom is -0.497 e. The van der Waals surface area contributed by atoms with Gasteiger partial charge in [0.25, 0.3) is 0 Å². The van der Waals surface area contributed by atoms with Gasteiger partial charge in [-0.25, -0.2) is 9.78 Å². The number of hydrogen-bond donors (Lipinski definition) is 1. The molecule has 28 heavy (non-hydrogen) atoms. The number of aromatic nitrogens is 2. The van der Waals surface area contributed by atoms with Crippen molar-refractivity contribution >= 4 is 17.1 Å². The minimum absolute atomic E-state index is 0.0179. The first-order valence-corrected chi connectivity index (χ1v) is 9.64. The van der Waals surface area contributed by atoms with Crippen molar-refractivity contribution in [3.8, 4) is 5.75 Å². The number of nitrogens with one attached hydrogen (secondary N) is 1. The summed E-state index contributed by atoms with van der Waals surface area (Å²) in [6.07, 6.45) is 2.14. The number of urea groups is 1. The molecule has 2 amide bonds. The van der Waals surface area contributed by atoms with E-state index in [1.54, 1.807) is 7.11 Å². The Morgan fingerprint density at radius 1 is 1.21 bits per heavy atom. The number of fused-ring (bicyclic) bond motifs is 1. The van der Waals surface area contributed by atoms with Gasteiger partial charge < -0.3 is 19.5 Å². The fraction of sp³-hybridized carbons (Fsp3) is 0.364. The zero-order valence-electron chi connectivity index (χ0n) is 16.6. The number of imidazole rings is 1. The maximum absolute atomic E-state index is 12.8. The molecule has 6 nitrogen and oxygen atoms in total. The number of carbonyl (C=O) groups is 1. The van der Waals surface area contributed by atoms with Gasteiger partial charge in [-0.3, -0.25) is 0 Å². The first-order chi connectivity index (χ1) is 13.5. The van der Waals surface area contributed by atoms with Crippen molar-refractivity contribution < 1.29 is 9.53 Å². The Bertz CT molecular complexity index is 990. The molecule has 0 aliphatic heterocycles. The van der Waals surface area contributed by atoms with E-state index in [0.29, 0.717) is 19.1 Å². The lowest BCUT2D eigenvalue weighted by molar-refractivity contribution is 0.191. The van der Waals surface area contributed by atoms with Crippen LogP contribution in [0.15, 0.2) is 42.5 Å². The molecular weight excluding hydrogens is 352 g/mol. The van der Waals surface area contributed by atoms with E-state index < -0.39 is 0 Å². The number of nitrogens with zero attached hydrogens (tertiary/aromatic N) is 3. The molecule has 1 fully saturated rings. The van der Waals surface area contributed by atoms with Crippen molar-refractivity contribution in [1.29, 1.82) is 0 Å². The van der Waals surface area contributed by atoms with Crippen LogP contribution in [0.5, 0.6) is 5.75 Å². The highest BCUT2D eigenvalue weighted by Crippen LogP contribution is 2.29. The minimum atomic E-state index is -0.0179. The smallest absolute Gasteiger partial charge is 0.318 e. The summed E-state index contributed by atoms with van der Waals surface area (Å²) >= 11 is 0. The number of aryl methyl sites for hydroxylation is 2. The molecule has 0 unspecified atom stereocenters. The van der Waals surface area contributed by atoms with Crippen molar-refractivity contribution in [3.05, 3.63) is 59.4 Å². The van der Waals surface area contributed by atoms with Crippen molar-refractivity contribution in [1.82, 2.24) is 19.8 Å². The van der Waals surface area contributed by atoms with Gasteiger partial charge in [0.1, 0.15) is 11.6 Å². The van der Waals surface area contributed by atoms with Crippen LogP contribution in [0, 0.1) is 6.92 Å². The van der Waals surface area contributed by atoms with E-state index >= 15 is 0 Å². The lowest BCUT2D eigenvalue weighted by atomic mass is 10.2. The Labute approximate surface area is 165 Å². The third-order valence-electron chi connectivity index (χ3n) is 5.37. The monoisotopic (exact) mass is 378 g/mol. The first-order valence-electron chi connectivity index (χ1n) is 9.64. The molecule has 0 saturated heterocycles. The summed E-state index contributed by atoms with van der Waals surface area (Å²) < 4.78 is 7.28. The van der Waals surface area contributed by atoms with E-state index in [1.807, 2.05) is 49.2 Å². The van der Waals surface area contributed by atoms with Gasteiger partial charge in [-0.05, 0) is 55.2 Å². The summed E-state index contributed by atoms with van der Waals surface area (Å²) in [5, 5.41) is 3.08. The number of amides is 2. The van der Waals surface area contributed by atoms with Crippen LogP contribution in [-0.2, 0) is 20.1 Å². The van der Waals surface area contributed by atoms with E-state index in [-0.39, 0.29) is 6.03 Å². The number of carbonyl (C=O) groups excluding carboxylic acids is 1. The largest absolute Gasteiger partial charge is 0.497 e. The van der Waals surface area contributed by atoms with Gasteiger partial charge >= 0.3 is 6.03 Å². The van der Waals surface area contributed by atoms with Gasteiger partial charge in [0.05, 0.1) is 18.1 Å². The Balaban J connectivity index is 1.42. The quantitative estimate of drug-likeness (QED) is 0.710. The molecule has 3 aromatic rings. The zero-order chi connectivity index (χ0) is 19.7. The molecule has 6 heteroatoms. The van der Waals surface area contributed by atoms with Crippen molar-refractivity contribution in [2.24, 2.45) is 7.05 Å². The molecule has 146 valence electrons. The lowest BCUT2D eigenvalue weighted by Gasteiger charge is -2.23. The van der Waals surface area contributed by atoms with E-state index in [0.717, 1.165) is 46.6 Å². The number of methoxy groups -OCH3 is 1. The van der Waals surface area contributed by atoms with E-state index in [4.69, 9.17) is 4.74 Å². The van der Waals surface area contributed by atoms with Gasteiger partial charge in [-0.15, -0.1) is 0 Å². The van der Waals surface area contributed by atoms with Crippen LogP contribution >= 0.6 is 0 Å². The van der Waals surface area contributed by atoms with Crippen molar-refractivity contribution in [2.75, 3.05) is 7.11 Å². The molecule has 0 spiro atoms. The standard InChI is InChI=1S/C22H26N4O2/c1-15-24-20-12-17(6-11-21(20)25(15)2)13-23-22(27)26(18-7-8-18)14-16-4-9-19(28-3)10-5-16/h4-6,9-12,18H,7-8,13-14H2,1-3H3,(H,23,27). The van der Waals surface area contributed by atoms with Crippen LogP contribution in [0.4, 0.5) is 4.79 Å². The molecule has 0 atom stereocenters. The van der Waals surface area contributed by atoms with Crippen LogP contribution in [0.1, 0.15) is 29.8 Å². The van der Waals surface area contributed by atoms with Crippen molar-refractivity contribution in [3.63, 3.8) is 0 Å². The van der Waals surface area contributed by atoms with Gasteiger partial charge in [0.2, 0.25) is 0 Å². The van der Waals surface area contributed by atoms with Crippen LogP contribution in [0.3, 0.4) is 0 Å². The number of rotatable bonds is 6. The number of ether oxygens (including phenoxy) is 1. The Morgan fingerprint density at radius 3 is 2.61 bits per heavy atom. The van der Waals surface area contributed by atoms with Crippen LogP contribution in [0.2, 0.25) is 0 Å². The average Bonchev–Trinajstić information content (AvgIpc) is 3.51. The molecule has 1 N–H and O–H groups in total. The molecule has 0 bridgehead atoms. The van der Waals surface area contributed by atoms with E-state index in [2.05, 4.69) is 27.0 Å². The highest BCUT2D eigenvalue weighted by Gasteiger charge is 2.32. The topological polar surface area (TPSA) is 59.4 Å². The Kier molecular flexibility index (Phi) is 4.94. The molecule has 2 aromatic carbocycles. The predicted molar refractivity (Wildman–Crippen MR) is 109 cm³/mol. The summed E-state index contributed by atoms with van der Waals surface area (Å²) in [4.78, 5) is 19.3. The predicted octanol–water partition coefficient (Wildman–Crippen LogP) is 3.76. The summed E-state index contributed by atoms with van der Waals surface area (Å²) in [5.41, 5.74) is 4.23. The molecule has 1 saturated carbocycles. The van der Waals surface area contributed by atoms with E-state index in [1.165, 1.54) is 0 Å². The van der Waals surface area contributed by atoms with Crippen LogP contribution in [-0.4, -0.2) is 33.6 Å². The fourth-order valence-corrected chi connectivity index (χ4v) is 3.44. The third kappa shape index (κ3) is 3.81. The SMILES string of the molecule is COc1ccc(CN(C(=O)NCc2ccc3c(c2)nc(C)n3C)C2CC2)cc1. The maximum Gasteiger partial charge on any atom is 0.318 e. The van der Waals surface area contributed by atoms with Gasteiger partial charge in [-0.2, -0.15) is 0 Å². The highest BCUT2D eigenvalue weighted by atomic mass is 16.5.